The summed E-state index contributed by atoms with van der Waals surface area (Å²) in [5, 5.41) is 11.2. The van der Waals surface area contributed by atoms with Crippen molar-refractivity contribution >= 4 is 11.9 Å². The normalized spacial score (nSPS) is 28.6. The average Bonchev–Trinajstić information content (AvgIpc) is 2.32. The van der Waals surface area contributed by atoms with Crippen LogP contribution in [0.5, 0.6) is 0 Å². The number of carbonyl (C=O) groups excluding carboxylic acids is 1. The van der Waals surface area contributed by atoms with Crippen LogP contribution in [-0.2, 0) is 9.59 Å². The Labute approximate surface area is 71.0 Å². The number of nitrogens with one attached hydrogen (secondary N) is 1. The molecule has 1 rings (SSSR count). The van der Waals surface area contributed by atoms with Crippen molar-refractivity contribution in [2.24, 2.45) is 5.92 Å². The number of hydrogen-bond donors (Lipinski definition) is 2. The summed E-state index contributed by atoms with van der Waals surface area (Å²) < 4.78 is 0. The lowest BCUT2D eigenvalue weighted by atomic mass is 9.96. The molecule has 0 saturated carbocycles. The van der Waals surface area contributed by atoms with Gasteiger partial charge in [0.05, 0.1) is 0 Å². The van der Waals surface area contributed by atoms with Crippen molar-refractivity contribution in [2.45, 2.75) is 32.2 Å². The van der Waals surface area contributed by atoms with Crippen molar-refractivity contribution < 1.29 is 14.7 Å². The molecule has 4 heteroatoms. The second-order valence-corrected chi connectivity index (χ2v) is 3.14. The molecule has 2 N–H and O–H groups in total. The number of amides is 1. The van der Waals surface area contributed by atoms with Gasteiger partial charge in [0.25, 0.3) is 0 Å². The lowest BCUT2D eigenvalue weighted by Gasteiger charge is -2.12. The Hall–Kier alpha value is -1.06. The maximum atomic E-state index is 10.9. The van der Waals surface area contributed by atoms with E-state index in [2.05, 4.69) is 5.32 Å². The van der Waals surface area contributed by atoms with Gasteiger partial charge >= 0.3 is 5.97 Å². The van der Waals surface area contributed by atoms with E-state index in [0.717, 1.165) is 12.8 Å². The lowest BCUT2D eigenvalue weighted by molar-refractivity contribution is -0.140. The van der Waals surface area contributed by atoms with E-state index in [9.17, 15) is 9.59 Å². The fourth-order valence-corrected chi connectivity index (χ4v) is 1.61. The first-order valence-electron chi connectivity index (χ1n) is 4.17. The Morgan fingerprint density at radius 2 is 2.42 bits per heavy atom. The van der Waals surface area contributed by atoms with E-state index in [4.69, 9.17) is 5.11 Å². The van der Waals surface area contributed by atoms with Gasteiger partial charge in [-0.15, -0.1) is 0 Å². The minimum absolute atomic E-state index is 0.0139. The first-order chi connectivity index (χ1) is 5.65. The molecular formula is C8H13NO3. The third-order valence-electron chi connectivity index (χ3n) is 2.16. The van der Waals surface area contributed by atoms with E-state index in [1.165, 1.54) is 0 Å². The average molecular weight is 171 g/mol. The van der Waals surface area contributed by atoms with Gasteiger partial charge in [0.2, 0.25) is 5.91 Å². The van der Waals surface area contributed by atoms with Crippen LogP contribution in [0.3, 0.4) is 0 Å². The van der Waals surface area contributed by atoms with Crippen LogP contribution in [-0.4, -0.2) is 23.0 Å². The maximum Gasteiger partial charge on any atom is 0.326 e. The summed E-state index contributed by atoms with van der Waals surface area (Å²) in [5.41, 5.74) is 0. The van der Waals surface area contributed by atoms with Gasteiger partial charge in [0.15, 0.2) is 0 Å². The molecule has 1 aliphatic heterocycles. The molecule has 0 aromatic rings. The molecule has 1 aliphatic rings. The molecule has 2 atom stereocenters. The topological polar surface area (TPSA) is 66.4 Å². The zero-order valence-electron chi connectivity index (χ0n) is 7.04. The van der Waals surface area contributed by atoms with E-state index >= 15 is 0 Å². The quantitative estimate of drug-likeness (QED) is 0.645. The Morgan fingerprint density at radius 3 is 2.92 bits per heavy atom. The van der Waals surface area contributed by atoms with Crippen LogP contribution in [0, 0.1) is 5.92 Å². The Kier molecular flexibility index (Phi) is 2.68. The summed E-state index contributed by atoms with van der Waals surface area (Å²) >= 11 is 0. The summed E-state index contributed by atoms with van der Waals surface area (Å²) in [4.78, 5) is 21.5. The number of rotatable bonds is 3. The number of carboxylic acids is 1. The molecule has 0 spiro atoms. The molecule has 0 aliphatic carbocycles. The molecule has 1 saturated heterocycles. The zero-order valence-corrected chi connectivity index (χ0v) is 7.04. The maximum absolute atomic E-state index is 10.9. The van der Waals surface area contributed by atoms with Gasteiger partial charge in [-0.2, -0.15) is 0 Å². The summed E-state index contributed by atoms with van der Waals surface area (Å²) in [6, 6.07) is -0.655. The molecule has 1 fully saturated rings. The highest BCUT2D eigenvalue weighted by molar-refractivity contribution is 5.87. The van der Waals surface area contributed by atoms with Crippen LogP contribution in [0.1, 0.15) is 26.2 Å². The van der Waals surface area contributed by atoms with Crippen molar-refractivity contribution in [3.63, 3.8) is 0 Å². The first-order valence-corrected chi connectivity index (χ1v) is 4.17. The predicted octanol–water partition coefficient (Wildman–Crippen LogP) is 0.376. The van der Waals surface area contributed by atoms with Crippen molar-refractivity contribution in [1.29, 1.82) is 0 Å². The predicted molar refractivity (Wildman–Crippen MR) is 42.6 cm³/mol. The molecule has 1 heterocycles. The summed E-state index contributed by atoms with van der Waals surface area (Å²) in [6.45, 7) is 1.99. The van der Waals surface area contributed by atoms with Crippen LogP contribution in [0.2, 0.25) is 0 Å². The summed E-state index contributed by atoms with van der Waals surface area (Å²) in [6.07, 6.45) is 2.09. The van der Waals surface area contributed by atoms with Gasteiger partial charge in [-0.3, -0.25) is 4.79 Å². The van der Waals surface area contributed by atoms with Crippen LogP contribution in [0.4, 0.5) is 0 Å². The number of carboxylic acid groups (broad SMARTS) is 1. The summed E-state index contributed by atoms with van der Waals surface area (Å²) in [5.74, 6) is -1.07. The Morgan fingerprint density at radius 1 is 1.75 bits per heavy atom. The van der Waals surface area contributed by atoms with Crippen molar-refractivity contribution in [2.75, 3.05) is 0 Å². The molecule has 4 nitrogen and oxygen atoms in total. The molecule has 0 bridgehead atoms. The van der Waals surface area contributed by atoms with Gasteiger partial charge in [-0.25, -0.2) is 4.79 Å². The molecule has 0 aromatic heterocycles. The monoisotopic (exact) mass is 171 g/mol. The van der Waals surface area contributed by atoms with Gasteiger partial charge < -0.3 is 10.4 Å². The van der Waals surface area contributed by atoms with Gasteiger partial charge in [0, 0.05) is 6.42 Å². The largest absolute Gasteiger partial charge is 0.480 e. The third kappa shape index (κ3) is 1.75. The molecule has 1 unspecified atom stereocenters. The smallest absolute Gasteiger partial charge is 0.326 e. The molecule has 12 heavy (non-hydrogen) atoms. The van der Waals surface area contributed by atoms with E-state index in [0.29, 0.717) is 6.42 Å². The van der Waals surface area contributed by atoms with Crippen molar-refractivity contribution in [3.8, 4) is 0 Å². The van der Waals surface area contributed by atoms with E-state index in [1.54, 1.807) is 0 Å². The van der Waals surface area contributed by atoms with Gasteiger partial charge in [0.1, 0.15) is 6.04 Å². The molecule has 68 valence electrons. The standard InChI is InChI=1S/C8H13NO3/c1-2-3-5-4-6(10)9-7(5)8(11)12/h5,7H,2-4H2,1H3,(H,9,10)(H,11,12)/t5?,7-/m0/s1. The zero-order chi connectivity index (χ0) is 9.14. The van der Waals surface area contributed by atoms with Gasteiger partial charge in [-0.1, -0.05) is 13.3 Å². The second-order valence-electron chi connectivity index (χ2n) is 3.14. The van der Waals surface area contributed by atoms with Gasteiger partial charge in [-0.05, 0) is 12.3 Å². The highest BCUT2D eigenvalue weighted by Gasteiger charge is 2.36. The highest BCUT2D eigenvalue weighted by atomic mass is 16.4. The lowest BCUT2D eigenvalue weighted by Crippen LogP contribution is -2.36. The second kappa shape index (κ2) is 3.56. The Balaban J connectivity index is 2.59. The third-order valence-corrected chi connectivity index (χ3v) is 2.16. The fourth-order valence-electron chi connectivity index (χ4n) is 1.61. The minimum Gasteiger partial charge on any atom is -0.480 e. The van der Waals surface area contributed by atoms with E-state index in [1.807, 2.05) is 6.92 Å². The highest BCUT2D eigenvalue weighted by Crippen LogP contribution is 2.21. The van der Waals surface area contributed by atoms with E-state index in [-0.39, 0.29) is 11.8 Å². The fraction of sp³-hybridized carbons (Fsp3) is 0.750. The Bertz CT molecular complexity index is 202. The van der Waals surface area contributed by atoms with Crippen LogP contribution < -0.4 is 5.32 Å². The van der Waals surface area contributed by atoms with Crippen LogP contribution in [0.25, 0.3) is 0 Å². The molecule has 0 radical (unpaired) electrons. The van der Waals surface area contributed by atoms with Crippen molar-refractivity contribution in [1.82, 2.24) is 5.32 Å². The number of aliphatic carboxylic acids is 1. The first kappa shape index (κ1) is 9.03. The summed E-state index contributed by atoms with van der Waals surface area (Å²) in [7, 11) is 0. The minimum atomic E-state index is -0.917. The van der Waals surface area contributed by atoms with Crippen molar-refractivity contribution in [3.05, 3.63) is 0 Å². The number of hydrogen-bond acceptors (Lipinski definition) is 2. The molecular weight excluding hydrogens is 158 g/mol. The van der Waals surface area contributed by atoms with E-state index < -0.39 is 12.0 Å². The molecule has 0 aromatic carbocycles. The molecule has 1 amide bonds. The number of carbonyl (C=O) groups is 2. The SMILES string of the molecule is CCCC1CC(=O)N[C@@H]1C(=O)O. The van der Waals surface area contributed by atoms with Crippen LogP contribution >= 0.6 is 0 Å². The van der Waals surface area contributed by atoms with Crippen LogP contribution in [0.15, 0.2) is 0 Å².